The van der Waals surface area contributed by atoms with E-state index in [4.69, 9.17) is 9.72 Å². The van der Waals surface area contributed by atoms with E-state index in [9.17, 15) is 4.79 Å². The zero-order valence-corrected chi connectivity index (χ0v) is 20.8. The van der Waals surface area contributed by atoms with Crippen molar-refractivity contribution in [3.8, 4) is 0 Å². The summed E-state index contributed by atoms with van der Waals surface area (Å²) >= 11 is 0. The van der Waals surface area contributed by atoms with Gasteiger partial charge in [0.1, 0.15) is 0 Å². The summed E-state index contributed by atoms with van der Waals surface area (Å²) in [4.78, 5) is 25.3. The fourth-order valence-corrected chi connectivity index (χ4v) is 3.72. The van der Waals surface area contributed by atoms with Crippen molar-refractivity contribution in [2.45, 2.75) is 13.1 Å². The molecule has 0 radical (unpaired) electrons. The third-order valence-corrected chi connectivity index (χ3v) is 5.63. The molecule has 1 aliphatic heterocycles. The molecule has 3 heterocycles. The van der Waals surface area contributed by atoms with Crippen molar-refractivity contribution in [1.82, 2.24) is 24.6 Å². The van der Waals surface area contributed by atoms with Crippen LogP contribution in [0.15, 0.2) is 55.5 Å². The van der Waals surface area contributed by atoms with E-state index < -0.39 is 0 Å². The van der Waals surface area contributed by atoms with Crippen LogP contribution in [0.4, 0.5) is 28.8 Å². The predicted octanol–water partition coefficient (Wildman–Crippen LogP) is 2.55. The molecule has 0 atom stereocenters. The summed E-state index contributed by atoms with van der Waals surface area (Å²) in [5, 5.41) is 13.9. The highest BCUT2D eigenvalue weighted by molar-refractivity contribution is 5.98. The first-order valence-corrected chi connectivity index (χ1v) is 11.9. The Hall–Kier alpha value is -3.96. The molecule has 3 N–H and O–H groups in total. The molecule has 11 nitrogen and oxygen atoms in total. The van der Waals surface area contributed by atoms with Gasteiger partial charge in [-0.05, 0) is 37.9 Å². The van der Waals surface area contributed by atoms with Crippen molar-refractivity contribution in [2.24, 2.45) is 0 Å². The number of hydrogen-bond acceptors (Lipinski definition) is 9. The van der Waals surface area contributed by atoms with Gasteiger partial charge in [-0.15, -0.1) is 0 Å². The molecule has 0 unspecified atom stereocenters. The van der Waals surface area contributed by atoms with Crippen molar-refractivity contribution in [1.29, 1.82) is 0 Å². The Labute approximate surface area is 211 Å². The Balaban J connectivity index is 1.50. The Morgan fingerprint density at radius 1 is 1.22 bits per heavy atom. The Morgan fingerprint density at radius 3 is 2.83 bits per heavy atom. The summed E-state index contributed by atoms with van der Waals surface area (Å²) in [6.07, 6.45) is 6.80. The molecule has 0 aliphatic carbocycles. The fourth-order valence-electron chi connectivity index (χ4n) is 3.72. The highest BCUT2D eigenvalue weighted by Crippen LogP contribution is 2.27. The van der Waals surface area contributed by atoms with Gasteiger partial charge < -0.3 is 30.5 Å². The van der Waals surface area contributed by atoms with Gasteiger partial charge in [-0.3, -0.25) is 9.48 Å². The van der Waals surface area contributed by atoms with Gasteiger partial charge in [0.15, 0.2) is 5.82 Å². The zero-order valence-electron chi connectivity index (χ0n) is 20.8. The van der Waals surface area contributed by atoms with Crippen molar-refractivity contribution in [3.63, 3.8) is 0 Å². The first-order chi connectivity index (χ1) is 17.5. The minimum atomic E-state index is -0.244. The van der Waals surface area contributed by atoms with Crippen LogP contribution in [0.1, 0.15) is 5.56 Å². The molecule has 0 bridgehead atoms. The first-order valence-electron chi connectivity index (χ1n) is 11.9. The Morgan fingerprint density at radius 2 is 2.06 bits per heavy atom. The van der Waals surface area contributed by atoms with Gasteiger partial charge in [0.2, 0.25) is 11.9 Å². The Bertz CT molecular complexity index is 1170. The minimum absolute atomic E-state index is 0.244. The van der Waals surface area contributed by atoms with Gasteiger partial charge >= 0.3 is 0 Å². The number of hydrogen-bond donors (Lipinski definition) is 3. The van der Waals surface area contributed by atoms with Gasteiger partial charge in [0, 0.05) is 38.1 Å². The van der Waals surface area contributed by atoms with Crippen LogP contribution >= 0.6 is 0 Å². The Kier molecular flexibility index (Phi) is 8.48. The molecule has 3 aromatic rings. The number of ether oxygens (including phenoxy) is 1. The lowest BCUT2D eigenvalue weighted by atomic mass is 10.2. The molecule has 190 valence electrons. The van der Waals surface area contributed by atoms with Gasteiger partial charge in [-0.2, -0.15) is 10.1 Å². The van der Waals surface area contributed by atoms with Gasteiger partial charge in [0.05, 0.1) is 43.5 Å². The number of rotatable bonds is 11. The molecular weight excluding hydrogens is 458 g/mol. The van der Waals surface area contributed by atoms with E-state index in [1.807, 2.05) is 55.4 Å². The minimum Gasteiger partial charge on any atom is -0.378 e. The maximum absolute atomic E-state index is 11.7. The molecule has 36 heavy (non-hydrogen) atoms. The van der Waals surface area contributed by atoms with E-state index in [1.165, 1.54) is 6.08 Å². The van der Waals surface area contributed by atoms with Gasteiger partial charge in [-0.1, -0.05) is 18.7 Å². The molecule has 4 rings (SSSR count). The first kappa shape index (κ1) is 25.1. The van der Waals surface area contributed by atoms with Crippen LogP contribution in [-0.2, 0) is 22.6 Å². The normalized spacial score (nSPS) is 13.5. The summed E-state index contributed by atoms with van der Waals surface area (Å²) < 4.78 is 7.41. The maximum Gasteiger partial charge on any atom is 0.247 e. The monoisotopic (exact) mass is 491 g/mol. The molecule has 1 aliphatic rings. The molecule has 11 heteroatoms. The van der Waals surface area contributed by atoms with Crippen LogP contribution in [0.25, 0.3) is 0 Å². The maximum atomic E-state index is 11.7. The second-order valence-corrected chi connectivity index (χ2v) is 8.69. The SMILES string of the molecule is C=CC(=O)Nc1cccc(CNc2nc(Nc3cnn(CCN(C)C)c3)ncc2N2CCOCC2)c1. The van der Waals surface area contributed by atoms with Crippen LogP contribution in [0, 0.1) is 0 Å². The van der Waals surface area contributed by atoms with Gasteiger partial charge in [0.25, 0.3) is 0 Å². The molecule has 0 saturated carbocycles. The fraction of sp³-hybridized carbons (Fsp3) is 0.360. The highest BCUT2D eigenvalue weighted by Gasteiger charge is 2.18. The van der Waals surface area contributed by atoms with Crippen LogP contribution < -0.4 is 20.9 Å². The van der Waals surface area contributed by atoms with Crippen molar-refractivity contribution in [2.75, 3.05) is 67.8 Å². The molecule has 0 spiro atoms. The average Bonchev–Trinajstić information content (AvgIpc) is 3.34. The molecule has 1 aromatic carbocycles. The lowest BCUT2D eigenvalue weighted by molar-refractivity contribution is -0.111. The number of nitrogens with one attached hydrogen (secondary N) is 3. The number of carbonyl (C=O) groups excluding carboxylic acids is 1. The predicted molar refractivity (Wildman–Crippen MR) is 142 cm³/mol. The standard InChI is InChI=1S/C25H33N9O2/c1-4-23(35)29-20-7-5-6-19(14-20)15-26-24-22(33-10-12-36-13-11-33)17-27-25(31-24)30-21-16-28-34(18-21)9-8-32(2)3/h4-7,14,16-18H,1,8-13,15H2,2-3H3,(H,29,35)(H2,26,27,30,31). The lowest BCUT2D eigenvalue weighted by Gasteiger charge is -2.30. The van der Waals surface area contributed by atoms with E-state index in [-0.39, 0.29) is 5.91 Å². The largest absolute Gasteiger partial charge is 0.378 e. The number of carbonyl (C=O) groups is 1. The summed E-state index contributed by atoms with van der Waals surface area (Å²) in [5.74, 6) is 0.954. The number of amides is 1. The van der Waals surface area contributed by atoms with E-state index >= 15 is 0 Å². The molecule has 2 aromatic heterocycles. The average molecular weight is 492 g/mol. The third kappa shape index (κ3) is 7.03. The number of likely N-dealkylation sites (N-methyl/N-ethyl adjacent to an activating group) is 1. The number of benzene rings is 1. The molecule has 1 amide bonds. The smallest absolute Gasteiger partial charge is 0.247 e. The molecule has 1 saturated heterocycles. The van der Waals surface area contributed by atoms with Crippen LogP contribution in [0.2, 0.25) is 0 Å². The number of aromatic nitrogens is 4. The highest BCUT2D eigenvalue weighted by atomic mass is 16.5. The van der Waals surface area contributed by atoms with Crippen LogP contribution in [0.3, 0.4) is 0 Å². The summed E-state index contributed by atoms with van der Waals surface area (Å²) in [7, 11) is 4.07. The number of nitrogens with zero attached hydrogens (tertiary/aromatic N) is 6. The van der Waals surface area contributed by atoms with Crippen LogP contribution in [0.5, 0.6) is 0 Å². The van der Waals surface area contributed by atoms with E-state index in [0.717, 1.165) is 48.9 Å². The number of morpholine rings is 1. The van der Waals surface area contributed by atoms with E-state index in [0.29, 0.717) is 31.4 Å². The lowest BCUT2D eigenvalue weighted by Crippen LogP contribution is -2.36. The third-order valence-electron chi connectivity index (χ3n) is 5.63. The number of anilines is 5. The summed E-state index contributed by atoms with van der Waals surface area (Å²) in [5.41, 5.74) is 3.45. The topological polar surface area (TPSA) is 112 Å². The van der Waals surface area contributed by atoms with E-state index in [1.54, 1.807) is 6.20 Å². The van der Waals surface area contributed by atoms with E-state index in [2.05, 4.69) is 42.4 Å². The molecule has 1 fully saturated rings. The van der Waals surface area contributed by atoms with Crippen molar-refractivity contribution in [3.05, 3.63) is 61.1 Å². The van der Waals surface area contributed by atoms with Crippen LogP contribution in [-0.4, -0.2) is 77.5 Å². The summed E-state index contributed by atoms with van der Waals surface area (Å²) in [6.45, 7) is 8.59. The molecular formula is C25H33N9O2. The second-order valence-electron chi connectivity index (χ2n) is 8.69. The summed E-state index contributed by atoms with van der Waals surface area (Å²) in [6, 6.07) is 7.66. The quantitative estimate of drug-likeness (QED) is 0.348. The van der Waals surface area contributed by atoms with Gasteiger partial charge in [-0.25, -0.2) is 4.98 Å². The zero-order chi connectivity index (χ0) is 25.3. The second kappa shape index (κ2) is 12.1. The van der Waals surface area contributed by atoms with Crippen molar-refractivity contribution < 1.29 is 9.53 Å². The van der Waals surface area contributed by atoms with Crippen molar-refractivity contribution >= 4 is 34.7 Å².